The van der Waals surface area contributed by atoms with Crippen LogP contribution in [0.25, 0.3) is 21.8 Å². The summed E-state index contributed by atoms with van der Waals surface area (Å²) in [6.45, 7) is 3.80. The van der Waals surface area contributed by atoms with Gasteiger partial charge in [0.1, 0.15) is 11.5 Å². The van der Waals surface area contributed by atoms with E-state index in [0.29, 0.717) is 37.4 Å². The Morgan fingerprint density at radius 2 is 1.07 bits per heavy atom. The first-order chi connectivity index (χ1) is 19.2. The third-order valence-corrected chi connectivity index (χ3v) is 6.81. The van der Waals surface area contributed by atoms with Gasteiger partial charge in [-0.25, -0.2) is 0 Å². The maximum Gasteiger partial charge on any atom is 0.231 e. The molecular formula is C30H34N4O6. The summed E-state index contributed by atoms with van der Waals surface area (Å²) < 4.78 is 13.9. The summed E-state index contributed by atoms with van der Waals surface area (Å²) in [5.41, 5.74) is 3.23. The van der Waals surface area contributed by atoms with Gasteiger partial charge >= 0.3 is 0 Å². The minimum atomic E-state index is -0.210. The fraction of sp³-hybridized carbons (Fsp3) is 0.333. The van der Waals surface area contributed by atoms with Crippen LogP contribution in [0.15, 0.2) is 48.8 Å². The van der Waals surface area contributed by atoms with Crippen LogP contribution in [0.4, 0.5) is 0 Å². The molecule has 4 aromatic rings. The predicted molar refractivity (Wildman–Crippen MR) is 152 cm³/mol. The van der Waals surface area contributed by atoms with Crippen LogP contribution in [0, 0.1) is 0 Å². The van der Waals surface area contributed by atoms with Crippen LogP contribution in [0.3, 0.4) is 0 Å². The van der Waals surface area contributed by atoms with Crippen molar-refractivity contribution in [2.24, 2.45) is 0 Å². The standard InChI is InChI=1S/C30H34N4O6/c1-19(35)31-13-11-21-17-33(27-7-5-23(39-3)15-25(21)27)29(37)9-10-30(38)34-18-22(12-14-32-20(2)36)26-16-24(40-4)6-8-28(26)34/h5-8,15-18H,9-14H2,1-4H3,(H,31,35)(H,32,36). The zero-order chi connectivity index (χ0) is 28.8. The summed E-state index contributed by atoms with van der Waals surface area (Å²) in [5.74, 6) is 0.671. The minimum Gasteiger partial charge on any atom is -0.497 e. The van der Waals surface area contributed by atoms with E-state index in [1.807, 2.05) is 24.3 Å². The minimum absolute atomic E-state index is 0.0107. The molecule has 210 valence electrons. The van der Waals surface area contributed by atoms with Gasteiger partial charge in [-0.05, 0) is 60.4 Å². The molecule has 0 saturated heterocycles. The second-order valence-corrected chi connectivity index (χ2v) is 9.57. The Labute approximate surface area is 232 Å². The third-order valence-electron chi connectivity index (χ3n) is 6.81. The SMILES string of the molecule is COc1ccc2c(c1)c(CCNC(C)=O)cn2C(=O)CCC(=O)n1cc(CCNC(C)=O)c2cc(OC)ccc21. The lowest BCUT2D eigenvalue weighted by Crippen LogP contribution is -2.22. The number of nitrogens with one attached hydrogen (secondary N) is 2. The smallest absolute Gasteiger partial charge is 0.231 e. The summed E-state index contributed by atoms with van der Waals surface area (Å²) in [4.78, 5) is 49.3. The Kier molecular flexibility index (Phi) is 8.88. The van der Waals surface area contributed by atoms with E-state index in [1.54, 1.807) is 47.9 Å². The van der Waals surface area contributed by atoms with Gasteiger partial charge in [0.15, 0.2) is 0 Å². The summed E-state index contributed by atoms with van der Waals surface area (Å²) in [6.07, 6.45) is 4.66. The molecule has 0 spiro atoms. The average molecular weight is 547 g/mol. The highest BCUT2D eigenvalue weighted by Crippen LogP contribution is 2.29. The Bertz CT molecular complexity index is 1460. The van der Waals surface area contributed by atoms with Crippen LogP contribution in [-0.4, -0.2) is 60.1 Å². The lowest BCUT2D eigenvalue weighted by Gasteiger charge is -2.07. The molecule has 0 fully saturated rings. The average Bonchev–Trinajstić information content (AvgIpc) is 3.49. The van der Waals surface area contributed by atoms with Crippen LogP contribution in [0.2, 0.25) is 0 Å². The quantitative estimate of drug-likeness (QED) is 0.296. The van der Waals surface area contributed by atoms with Crippen LogP contribution in [0.5, 0.6) is 11.5 Å². The maximum absolute atomic E-state index is 13.3. The van der Waals surface area contributed by atoms with Crippen molar-refractivity contribution in [1.29, 1.82) is 0 Å². The lowest BCUT2D eigenvalue weighted by atomic mass is 10.1. The molecule has 0 bridgehead atoms. The molecule has 2 heterocycles. The topological polar surface area (TPSA) is 121 Å². The van der Waals surface area contributed by atoms with Crippen LogP contribution in [0.1, 0.15) is 47.4 Å². The monoisotopic (exact) mass is 546 g/mol. The van der Waals surface area contributed by atoms with Gasteiger partial charge in [0.2, 0.25) is 23.6 Å². The Balaban J connectivity index is 1.55. The molecule has 10 heteroatoms. The number of carbonyl (C=O) groups excluding carboxylic acids is 4. The van der Waals surface area contributed by atoms with Crippen molar-refractivity contribution >= 4 is 45.4 Å². The lowest BCUT2D eigenvalue weighted by molar-refractivity contribution is -0.119. The largest absolute Gasteiger partial charge is 0.497 e. The molecule has 0 aliphatic heterocycles. The van der Waals surface area contributed by atoms with Crippen molar-refractivity contribution in [3.63, 3.8) is 0 Å². The number of ether oxygens (including phenoxy) is 2. The summed E-state index contributed by atoms with van der Waals surface area (Å²) in [5, 5.41) is 7.29. The fourth-order valence-corrected chi connectivity index (χ4v) is 4.82. The van der Waals surface area contributed by atoms with Gasteiger partial charge < -0.3 is 20.1 Å². The number of amides is 2. The van der Waals surface area contributed by atoms with Crippen LogP contribution < -0.4 is 20.1 Å². The zero-order valence-corrected chi connectivity index (χ0v) is 23.2. The number of nitrogens with zero attached hydrogens (tertiary/aromatic N) is 2. The molecule has 2 amide bonds. The number of hydrogen-bond acceptors (Lipinski definition) is 6. The third kappa shape index (κ3) is 6.33. The molecule has 40 heavy (non-hydrogen) atoms. The zero-order valence-electron chi connectivity index (χ0n) is 23.2. The first kappa shape index (κ1) is 28.4. The Morgan fingerprint density at radius 1 is 0.675 bits per heavy atom. The second-order valence-electron chi connectivity index (χ2n) is 9.57. The van der Waals surface area contributed by atoms with Crippen LogP contribution >= 0.6 is 0 Å². The van der Waals surface area contributed by atoms with Gasteiger partial charge in [-0.1, -0.05) is 0 Å². The molecule has 0 aliphatic carbocycles. The molecule has 2 aromatic heterocycles. The van der Waals surface area contributed by atoms with Gasteiger partial charge in [0.05, 0.1) is 25.3 Å². The van der Waals surface area contributed by atoms with E-state index >= 15 is 0 Å². The van der Waals surface area contributed by atoms with E-state index in [4.69, 9.17) is 9.47 Å². The Hall–Kier alpha value is -4.60. The van der Waals surface area contributed by atoms with E-state index in [-0.39, 0.29) is 36.5 Å². The second kappa shape index (κ2) is 12.5. The molecule has 0 radical (unpaired) electrons. The molecule has 4 rings (SSSR count). The number of fused-ring (bicyclic) bond motifs is 2. The summed E-state index contributed by atoms with van der Waals surface area (Å²) >= 11 is 0. The van der Waals surface area contributed by atoms with Crippen molar-refractivity contribution in [2.45, 2.75) is 39.5 Å². The number of rotatable bonds is 11. The van der Waals surface area contributed by atoms with Crippen molar-refractivity contribution in [3.8, 4) is 11.5 Å². The first-order valence-electron chi connectivity index (χ1n) is 13.1. The summed E-state index contributed by atoms with van der Waals surface area (Å²) in [7, 11) is 3.16. The molecule has 0 saturated carbocycles. The van der Waals surface area contributed by atoms with Gasteiger partial charge in [-0.2, -0.15) is 0 Å². The van der Waals surface area contributed by atoms with Crippen molar-refractivity contribution in [3.05, 3.63) is 59.9 Å². The van der Waals surface area contributed by atoms with Crippen molar-refractivity contribution in [2.75, 3.05) is 27.3 Å². The van der Waals surface area contributed by atoms with Crippen LogP contribution in [-0.2, 0) is 22.4 Å². The van der Waals surface area contributed by atoms with Gasteiger partial charge in [0, 0.05) is 62.9 Å². The normalized spacial score (nSPS) is 11.0. The molecule has 0 unspecified atom stereocenters. The maximum atomic E-state index is 13.3. The van der Waals surface area contributed by atoms with E-state index in [2.05, 4.69) is 10.6 Å². The number of carbonyl (C=O) groups is 4. The molecule has 10 nitrogen and oxygen atoms in total. The fourth-order valence-electron chi connectivity index (χ4n) is 4.82. The molecular weight excluding hydrogens is 512 g/mol. The van der Waals surface area contributed by atoms with E-state index in [9.17, 15) is 19.2 Å². The highest BCUT2D eigenvalue weighted by atomic mass is 16.5. The first-order valence-corrected chi connectivity index (χ1v) is 13.1. The highest BCUT2D eigenvalue weighted by Gasteiger charge is 2.19. The molecule has 0 aliphatic rings. The van der Waals surface area contributed by atoms with Gasteiger partial charge in [-0.3, -0.25) is 28.3 Å². The number of aromatic nitrogens is 2. The highest BCUT2D eigenvalue weighted by molar-refractivity contribution is 5.99. The number of benzene rings is 2. The number of methoxy groups -OCH3 is 2. The molecule has 0 atom stereocenters. The molecule has 2 N–H and O–H groups in total. The Morgan fingerprint density at radius 3 is 1.43 bits per heavy atom. The number of hydrogen-bond donors (Lipinski definition) is 2. The van der Waals surface area contributed by atoms with E-state index < -0.39 is 0 Å². The van der Waals surface area contributed by atoms with Crippen molar-refractivity contribution in [1.82, 2.24) is 19.8 Å². The van der Waals surface area contributed by atoms with E-state index in [0.717, 1.165) is 32.9 Å². The molecule has 2 aromatic carbocycles. The van der Waals surface area contributed by atoms with Gasteiger partial charge in [-0.15, -0.1) is 0 Å². The van der Waals surface area contributed by atoms with Crippen molar-refractivity contribution < 1.29 is 28.7 Å². The predicted octanol–water partition coefficient (Wildman–Crippen LogP) is 3.73. The van der Waals surface area contributed by atoms with E-state index in [1.165, 1.54) is 13.8 Å². The summed E-state index contributed by atoms with van der Waals surface area (Å²) in [6, 6.07) is 11.0. The van der Waals surface area contributed by atoms with Gasteiger partial charge in [0.25, 0.3) is 0 Å².